The SMILES string of the molecule is CC(=O)OC[C@H](COP(=O)([O-])OCCNC(=O)COCCOCC(=O)OC(C)C)OC(C)=O. The van der Waals surface area contributed by atoms with Gasteiger partial charge in [0, 0.05) is 20.4 Å². The van der Waals surface area contributed by atoms with Gasteiger partial charge in [0.25, 0.3) is 7.82 Å². The molecule has 0 saturated heterocycles. The summed E-state index contributed by atoms with van der Waals surface area (Å²) in [4.78, 5) is 56.4. The van der Waals surface area contributed by atoms with Gasteiger partial charge in [-0.2, -0.15) is 0 Å². The van der Waals surface area contributed by atoms with E-state index in [-0.39, 0.29) is 39.1 Å². The number of carbonyl (C=O) groups is 4. The highest BCUT2D eigenvalue weighted by molar-refractivity contribution is 7.45. The van der Waals surface area contributed by atoms with Crippen LogP contribution in [0.2, 0.25) is 0 Å². The molecule has 15 heteroatoms. The zero-order valence-electron chi connectivity index (χ0n) is 19.1. The third-order valence-corrected chi connectivity index (χ3v) is 4.05. The molecule has 2 atom stereocenters. The molecule has 0 spiro atoms. The van der Waals surface area contributed by atoms with Crippen LogP contribution >= 0.6 is 7.82 Å². The fraction of sp³-hybridized carbons (Fsp3) is 0.778. The number of rotatable bonds is 18. The van der Waals surface area contributed by atoms with Gasteiger partial charge in [0.15, 0.2) is 6.10 Å². The number of carbonyl (C=O) groups excluding carboxylic acids is 4. The summed E-state index contributed by atoms with van der Waals surface area (Å²) in [6, 6.07) is 0. The van der Waals surface area contributed by atoms with Gasteiger partial charge >= 0.3 is 17.9 Å². The third kappa shape index (κ3) is 20.3. The Morgan fingerprint density at radius 2 is 1.52 bits per heavy atom. The first-order valence-corrected chi connectivity index (χ1v) is 11.4. The lowest BCUT2D eigenvalue weighted by atomic mass is 10.4. The Kier molecular flexibility index (Phi) is 16.3. The van der Waals surface area contributed by atoms with Gasteiger partial charge in [-0.3, -0.25) is 18.9 Å². The van der Waals surface area contributed by atoms with Crippen molar-refractivity contribution < 1.29 is 61.4 Å². The van der Waals surface area contributed by atoms with E-state index >= 15 is 0 Å². The molecule has 0 aromatic rings. The molecule has 0 aliphatic carbocycles. The molecule has 33 heavy (non-hydrogen) atoms. The van der Waals surface area contributed by atoms with Gasteiger partial charge in [-0.25, -0.2) is 4.79 Å². The van der Waals surface area contributed by atoms with Gasteiger partial charge in [0.1, 0.15) is 19.8 Å². The van der Waals surface area contributed by atoms with Crippen molar-refractivity contribution in [2.24, 2.45) is 0 Å². The first-order valence-electron chi connectivity index (χ1n) is 9.93. The van der Waals surface area contributed by atoms with E-state index in [1.165, 1.54) is 0 Å². The van der Waals surface area contributed by atoms with Gasteiger partial charge in [-0.1, -0.05) is 0 Å². The molecule has 14 nitrogen and oxygen atoms in total. The zero-order chi connectivity index (χ0) is 25.3. The van der Waals surface area contributed by atoms with Crippen LogP contribution < -0.4 is 10.2 Å². The summed E-state index contributed by atoms with van der Waals surface area (Å²) in [5.41, 5.74) is 0. The maximum atomic E-state index is 11.7. The molecule has 192 valence electrons. The molecule has 1 N–H and O–H groups in total. The molecule has 0 bridgehead atoms. The van der Waals surface area contributed by atoms with Crippen molar-refractivity contribution in [1.29, 1.82) is 0 Å². The summed E-state index contributed by atoms with van der Waals surface area (Å²) >= 11 is 0. The highest BCUT2D eigenvalue weighted by Gasteiger charge is 2.19. The zero-order valence-corrected chi connectivity index (χ0v) is 20.0. The molecule has 0 radical (unpaired) electrons. The summed E-state index contributed by atoms with van der Waals surface area (Å²) in [6.45, 7) is 3.65. The van der Waals surface area contributed by atoms with Crippen LogP contribution in [0.15, 0.2) is 0 Å². The molecule has 0 heterocycles. The van der Waals surface area contributed by atoms with E-state index in [1.807, 2.05) is 0 Å². The lowest BCUT2D eigenvalue weighted by Crippen LogP contribution is -2.32. The van der Waals surface area contributed by atoms with E-state index in [4.69, 9.17) is 18.9 Å². The monoisotopic (exact) mass is 500 g/mol. The fourth-order valence-corrected chi connectivity index (χ4v) is 2.65. The van der Waals surface area contributed by atoms with E-state index in [2.05, 4.69) is 19.1 Å². The molecule has 0 aromatic carbocycles. The number of amides is 1. The van der Waals surface area contributed by atoms with Crippen molar-refractivity contribution in [3.8, 4) is 0 Å². The van der Waals surface area contributed by atoms with E-state index in [9.17, 15) is 28.6 Å². The van der Waals surface area contributed by atoms with Gasteiger partial charge in [-0.15, -0.1) is 0 Å². The molecular weight excluding hydrogens is 469 g/mol. The molecule has 1 unspecified atom stereocenters. The van der Waals surface area contributed by atoms with Crippen molar-refractivity contribution in [2.75, 3.05) is 52.8 Å². The van der Waals surface area contributed by atoms with Gasteiger partial charge in [0.2, 0.25) is 5.91 Å². The number of phosphoric ester groups is 1. The molecule has 0 saturated carbocycles. The second-order valence-corrected chi connectivity index (χ2v) is 8.01. The van der Waals surface area contributed by atoms with E-state index in [0.717, 1.165) is 13.8 Å². The average molecular weight is 500 g/mol. The number of ether oxygens (including phenoxy) is 5. The molecule has 0 aromatic heterocycles. The van der Waals surface area contributed by atoms with Gasteiger partial charge in [-0.05, 0) is 13.8 Å². The highest BCUT2D eigenvalue weighted by atomic mass is 31.2. The highest BCUT2D eigenvalue weighted by Crippen LogP contribution is 2.38. The van der Waals surface area contributed by atoms with Crippen LogP contribution in [0.4, 0.5) is 0 Å². The van der Waals surface area contributed by atoms with Crippen LogP contribution in [0.3, 0.4) is 0 Å². The normalized spacial score (nSPS) is 13.6. The summed E-state index contributed by atoms with van der Waals surface area (Å²) in [7, 11) is -4.77. The van der Waals surface area contributed by atoms with Crippen molar-refractivity contribution >= 4 is 31.6 Å². The topological polar surface area (TPSA) is 185 Å². The van der Waals surface area contributed by atoms with Crippen LogP contribution in [-0.2, 0) is 56.5 Å². The summed E-state index contributed by atoms with van der Waals surface area (Å²) in [5.74, 6) is -2.40. The Morgan fingerprint density at radius 1 is 0.879 bits per heavy atom. The maximum Gasteiger partial charge on any atom is 0.332 e. The Hall–Kier alpha value is -2.09. The van der Waals surface area contributed by atoms with Crippen LogP contribution in [-0.4, -0.2) is 88.8 Å². The number of hydrogen-bond donors (Lipinski definition) is 1. The first-order chi connectivity index (χ1) is 15.4. The average Bonchev–Trinajstić information content (AvgIpc) is 2.69. The van der Waals surface area contributed by atoms with Gasteiger partial charge in [0.05, 0.1) is 32.5 Å². The number of hydrogen-bond acceptors (Lipinski definition) is 13. The van der Waals surface area contributed by atoms with Crippen LogP contribution in [0.25, 0.3) is 0 Å². The maximum absolute atomic E-state index is 11.7. The van der Waals surface area contributed by atoms with E-state index < -0.39 is 57.6 Å². The summed E-state index contributed by atoms with van der Waals surface area (Å²) < 4.78 is 45.3. The Bertz CT molecular complexity index is 670. The number of nitrogens with one attached hydrogen (secondary N) is 1. The third-order valence-electron chi connectivity index (χ3n) is 3.09. The fourth-order valence-electron chi connectivity index (χ4n) is 1.91. The van der Waals surface area contributed by atoms with Crippen LogP contribution in [0, 0.1) is 0 Å². The number of esters is 3. The largest absolute Gasteiger partial charge is 0.756 e. The molecular formula is C18H31NO13P-. The van der Waals surface area contributed by atoms with Gasteiger partial charge < -0.3 is 42.9 Å². The molecule has 0 aliphatic rings. The second-order valence-electron chi connectivity index (χ2n) is 6.60. The molecule has 1 amide bonds. The molecule has 0 rings (SSSR count). The molecule has 0 fully saturated rings. The molecule has 0 aliphatic heterocycles. The van der Waals surface area contributed by atoms with Crippen molar-refractivity contribution in [1.82, 2.24) is 5.32 Å². The standard InChI is InChI=1S/C18H32NO13P/c1-13(2)31-18(23)12-27-8-7-26-11-17(22)19-5-6-29-33(24,25)30-10-16(32-15(4)21)9-28-14(3)20/h13,16H,5-12H2,1-4H3,(H,19,22)(H,24,25)/p-1/t16-/m1/s1. The minimum absolute atomic E-state index is 0.0549. The van der Waals surface area contributed by atoms with Crippen molar-refractivity contribution in [3.63, 3.8) is 0 Å². The van der Waals surface area contributed by atoms with Crippen LogP contribution in [0.1, 0.15) is 27.7 Å². The van der Waals surface area contributed by atoms with Crippen LogP contribution in [0.5, 0.6) is 0 Å². The summed E-state index contributed by atoms with van der Waals surface area (Å²) in [6.07, 6.45) is -1.38. The van der Waals surface area contributed by atoms with E-state index in [1.54, 1.807) is 13.8 Å². The predicted molar refractivity (Wildman–Crippen MR) is 108 cm³/mol. The predicted octanol–water partition coefficient (Wildman–Crippen LogP) is -0.916. The van der Waals surface area contributed by atoms with E-state index in [0.29, 0.717) is 0 Å². The summed E-state index contributed by atoms with van der Waals surface area (Å²) in [5, 5.41) is 2.36. The Morgan fingerprint density at radius 3 is 2.09 bits per heavy atom. The first kappa shape index (κ1) is 30.9. The van der Waals surface area contributed by atoms with Crippen molar-refractivity contribution in [3.05, 3.63) is 0 Å². The lowest BCUT2D eigenvalue weighted by Gasteiger charge is -2.25. The minimum Gasteiger partial charge on any atom is -0.756 e. The quantitative estimate of drug-likeness (QED) is 0.106. The minimum atomic E-state index is -4.77. The lowest BCUT2D eigenvalue weighted by molar-refractivity contribution is -0.228. The number of phosphoric acid groups is 1. The van der Waals surface area contributed by atoms with Crippen molar-refractivity contribution in [2.45, 2.75) is 39.9 Å². The Balaban J connectivity index is 3.95. The Labute approximate surface area is 191 Å². The second kappa shape index (κ2) is 17.4. The smallest absolute Gasteiger partial charge is 0.332 e.